The van der Waals surface area contributed by atoms with Crippen molar-refractivity contribution in [2.75, 3.05) is 6.61 Å². The number of carbonyl (C=O) groups excluding carboxylic acids is 1. The molecule has 0 aliphatic carbocycles. The average molecular weight is 268 g/mol. The molecular formula is C16H16N2O2. The van der Waals surface area contributed by atoms with Gasteiger partial charge in [-0.15, -0.1) is 0 Å². The molecule has 0 fully saturated rings. The Balaban J connectivity index is 2.23. The Morgan fingerprint density at radius 1 is 1.50 bits per heavy atom. The van der Waals surface area contributed by atoms with Crippen molar-refractivity contribution in [2.45, 2.75) is 32.2 Å². The summed E-state index contributed by atoms with van der Waals surface area (Å²) in [6.45, 7) is 3.03. The number of para-hydroxylation sites is 1. The zero-order valence-electron chi connectivity index (χ0n) is 11.4. The molecule has 4 nitrogen and oxygen atoms in total. The van der Waals surface area contributed by atoms with Crippen LogP contribution in [-0.2, 0) is 16.1 Å². The lowest BCUT2D eigenvalue weighted by Gasteiger charge is -2.24. The highest BCUT2D eigenvalue weighted by Crippen LogP contribution is 2.37. The number of aromatic nitrogens is 1. The van der Waals surface area contributed by atoms with E-state index in [1.165, 1.54) is 0 Å². The maximum Gasteiger partial charge on any atom is 0.314 e. The van der Waals surface area contributed by atoms with Crippen LogP contribution in [0.15, 0.2) is 24.3 Å². The summed E-state index contributed by atoms with van der Waals surface area (Å²) in [5.74, 6) is -0.529. The zero-order chi connectivity index (χ0) is 14.1. The Hall–Kier alpha value is -2.28. The average Bonchev–Trinajstić information content (AvgIpc) is 2.81. The molecule has 0 bridgehead atoms. The van der Waals surface area contributed by atoms with Gasteiger partial charge < -0.3 is 9.30 Å². The molecule has 0 spiro atoms. The molecule has 0 saturated carbocycles. The fourth-order valence-corrected chi connectivity index (χ4v) is 3.11. The van der Waals surface area contributed by atoms with Gasteiger partial charge in [-0.1, -0.05) is 18.2 Å². The summed E-state index contributed by atoms with van der Waals surface area (Å²) in [6.07, 6.45) is 1.68. The Bertz CT molecular complexity index is 709. The van der Waals surface area contributed by atoms with E-state index in [1.54, 1.807) is 0 Å². The van der Waals surface area contributed by atoms with Crippen molar-refractivity contribution in [2.24, 2.45) is 0 Å². The molecule has 1 unspecified atom stereocenters. The minimum Gasteiger partial charge on any atom is -0.465 e. The zero-order valence-corrected chi connectivity index (χ0v) is 11.4. The predicted octanol–water partition coefficient (Wildman–Crippen LogP) is 2.95. The van der Waals surface area contributed by atoms with Crippen LogP contribution in [0, 0.1) is 11.3 Å². The van der Waals surface area contributed by atoms with Crippen molar-refractivity contribution in [3.05, 3.63) is 35.5 Å². The van der Waals surface area contributed by atoms with Crippen LogP contribution in [0.1, 0.15) is 36.9 Å². The van der Waals surface area contributed by atoms with Crippen LogP contribution in [0.4, 0.5) is 0 Å². The van der Waals surface area contributed by atoms with Crippen molar-refractivity contribution in [3.8, 4) is 6.07 Å². The molecule has 2 aromatic rings. The predicted molar refractivity (Wildman–Crippen MR) is 75.3 cm³/mol. The quantitative estimate of drug-likeness (QED) is 0.787. The van der Waals surface area contributed by atoms with Gasteiger partial charge in [-0.05, 0) is 25.8 Å². The number of nitrogens with zero attached hydrogens (tertiary/aromatic N) is 2. The number of ether oxygens (including phenoxy) is 1. The van der Waals surface area contributed by atoms with Gasteiger partial charge in [0.1, 0.15) is 6.07 Å². The molecule has 1 aliphatic rings. The van der Waals surface area contributed by atoms with Crippen molar-refractivity contribution < 1.29 is 9.53 Å². The lowest BCUT2D eigenvalue weighted by atomic mass is 9.93. The second kappa shape index (κ2) is 5.01. The van der Waals surface area contributed by atoms with Gasteiger partial charge in [-0.3, -0.25) is 4.79 Å². The first-order valence-electron chi connectivity index (χ1n) is 6.95. The lowest BCUT2D eigenvalue weighted by Crippen LogP contribution is -2.24. The molecule has 0 N–H and O–H groups in total. The van der Waals surface area contributed by atoms with Crippen molar-refractivity contribution in [1.29, 1.82) is 5.26 Å². The van der Waals surface area contributed by atoms with Crippen LogP contribution in [0.3, 0.4) is 0 Å². The molecule has 1 aromatic heterocycles. The molecule has 1 atom stereocenters. The third-order valence-corrected chi connectivity index (χ3v) is 3.90. The molecule has 0 radical (unpaired) electrons. The molecule has 0 saturated heterocycles. The van der Waals surface area contributed by atoms with Gasteiger partial charge in [0.25, 0.3) is 0 Å². The molecule has 0 amide bonds. The highest BCUT2D eigenvalue weighted by Gasteiger charge is 2.32. The number of benzene rings is 1. The number of esters is 1. The topological polar surface area (TPSA) is 55.0 Å². The van der Waals surface area contributed by atoms with Crippen molar-refractivity contribution in [1.82, 2.24) is 4.57 Å². The molecule has 3 rings (SSSR count). The molecule has 20 heavy (non-hydrogen) atoms. The number of nitriles is 1. The van der Waals surface area contributed by atoms with Gasteiger partial charge in [0.15, 0.2) is 0 Å². The van der Waals surface area contributed by atoms with Gasteiger partial charge in [0.2, 0.25) is 0 Å². The lowest BCUT2D eigenvalue weighted by molar-refractivity contribution is -0.145. The van der Waals surface area contributed by atoms with Crippen molar-refractivity contribution >= 4 is 16.9 Å². The minimum absolute atomic E-state index is 0.215. The summed E-state index contributed by atoms with van der Waals surface area (Å²) < 4.78 is 7.28. The summed E-state index contributed by atoms with van der Waals surface area (Å²) >= 11 is 0. The second-order valence-electron chi connectivity index (χ2n) is 4.99. The Morgan fingerprint density at radius 3 is 3.05 bits per heavy atom. The van der Waals surface area contributed by atoms with E-state index in [1.807, 2.05) is 31.2 Å². The number of hydrogen-bond acceptors (Lipinski definition) is 3. The smallest absolute Gasteiger partial charge is 0.314 e. The van der Waals surface area contributed by atoms with E-state index in [2.05, 4.69) is 10.6 Å². The maximum absolute atomic E-state index is 12.2. The Kier molecular flexibility index (Phi) is 3.19. The third-order valence-electron chi connectivity index (χ3n) is 3.90. The van der Waals surface area contributed by atoms with Crippen LogP contribution in [0.2, 0.25) is 0 Å². The minimum atomic E-state index is -0.314. The molecule has 102 valence electrons. The highest BCUT2D eigenvalue weighted by atomic mass is 16.5. The second-order valence-corrected chi connectivity index (χ2v) is 4.99. The van der Waals surface area contributed by atoms with Gasteiger partial charge in [0.05, 0.1) is 23.8 Å². The Morgan fingerprint density at radius 2 is 2.30 bits per heavy atom. The van der Waals surface area contributed by atoms with E-state index in [0.717, 1.165) is 36.0 Å². The van der Waals surface area contributed by atoms with E-state index >= 15 is 0 Å². The SMILES string of the molecule is CCOC(=O)C1CCCn2c1c(C#N)c1ccccc12. The van der Waals surface area contributed by atoms with Crippen LogP contribution in [0.5, 0.6) is 0 Å². The molecule has 4 heteroatoms. The standard InChI is InChI=1S/C16H16N2O2/c1-2-20-16(19)12-7-5-9-18-14-8-4-3-6-11(14)13(10-17)15(12)18/h3-4,6,8,12H,2,5,7,9H2,1H3. The number of rotatable bonds is 2. The monoisotopic (exact) mass is 268 g/mol. The maximum atomic E-state index is 12.2. The summed E-state index contributed by atoms with van der Waals surface area (Å²) in [7, 11) is 0. The summed E-state index contributed by atoms with van der Waals surface area (Å²) in [6, 6.07) is 10.1. The number of carbonyl (C=O) groups is 1. The van der Waals surface area contributed by atoms with E-state index in [-0.39, 0.29) is 11.9 Å². The van der Waals surface area contributed by atoms with Gasteiger partial charge in [-0.2, -0.15) is 5.26 Å². The van der Waals surface area contributed by atoms with E-state index in [0.29, 0.717) is 12.2 Å². The first-order valence-corrected chi connectivity index (χ1v) is 6.95. The highest BCUT2D eigenvalue weighted by molar-refractivity contribution is 5.91. The van der Waals surface area contributed by atoms with E-state index in [4.69, 9.17) is 4.74 Å². The first kappa shape index (κ1) is 12.7. The fraction of sp³-hybridized carbons (Fsp3) is 0.375. The van der Waals surface area contributed by atoms with Crippen molar-refractivity contribution in [3.63, 3.8) is 0 Å². The molecule has 1 aromatic carbocycles. The third kappa shape index (κ3) is 1.78. The van der Waals surface area contributed by atoms with Crippen LogP contribution in [0.25, 0.3) is 10.9 Å². The number of hydrogen-bond donors (Lipinski definition) is 0. The van der Waals surface area contributed by atoms with Crippen LogP contribution >= 0.6 is 0 Å². The molecular weight excluding hydrogens is 252 g/mol. The Labute approximate surface area is 117 Å². The van der Waals surface area contributed by atoms with E-state index in [9.17, 15) is 10.1 Å². The fourth-order valence-electron chi connectivity index (χ4n) is 3.11. The van der Waals surface area contributed by atoms with Gasteiger partial charge >= 0.3 is 5.97 Å². The largest absolute Gasteiger partial charge is 0.465 e. The number of fused-ring (bicyclic) bond motifs is 3. The number of aryl methyl sites for hydroxylation is 1. The normalized spacial score (nSPS) is 17.5. The van der Waals surface area contributed by atoms with Crippen LogP contribution < -0.4 is 0 Å². The van der Waals surface area contributed by atoms with Gasteiger partial charge in [0, 0.05) is 17.4 Å². The van der Waals surface area contributed by atoms with Gasteiger partial charge in [-0.25, -0.2) is 0 Å². The molecule has 2 heterocycles. The summed E-state index contributed by atoms with van der Waals surface area (Å²) in [5, 5.41) is 10.4. The first-order chi connectivity index (χ1) is 9.77. The van der Waals surface area contributed by atoms with E-state index < -0.39 is 0 Å². The summed E-state index contributed by atoms with van der Waals surface area (Å²) in [5.41, 5.74) is 2.49. The van der Waals surface area contributed by atoms with Crippen LogP contribution in [-0.4, -0.2) is 17.1 Å². The summed E-state index contributed by atoms with van der Waals surface area (Å²) in [4.78, 5) is 12.2. The molecule has 1 aliphatic heterocycles.